The minimum atomic E-state index is -0.801. The highest BCUT2D eigenvalue weighted by Crippen LogP contribution is 2.39. The van der Waals surface area contributed by atoms with Gasteiger partial charge in [0.05, 0.1) is 14.2 Å². The predicted molar refractivity (Wildman–Crippen MR) is 128 cm³/mol. The van der Waals surface area contributed by atoms with E-state index in [1.165, 1.54) is 7.11 Å². The Morgan fingerprint density at radius 2 is 1.42 bits per heavy atom. The molecule has 2 aromatic carbocycles. The summed E-state index contributed by atoms with van der Waals surface area (Å²) in [5.41, 5.74) is 2.37. The molecule has 0 aliphatic heterocycles. The van der Waals surface area contributed by atoms with Crippen LogP contribution in [0.3, 0.4) is 0 Å². The largest absolute Gasteiger partial charge is 0.495 e. The van der Waals surface area contributed by atoms with E-state index in [1.54, 1.807) is 26.4 Å². The molecule has 2 heterocycles. The zero-order valence-corrected chi connectivity index (χ0v) is 20.3. The van der Waals surface area contributed by atoms with Gasteiger partial charge in [0.2, 0.25) is 5.78 Å². The molecule has 0 bridgehead atoms. The highest BCUT2D eigenvalue weighted by Gasteiger charge is 2.25. The number of methoxy groups -OCH3 is 3. The summed E-state index contributed by atoms with van der Waals surface area (Å²) in [6.45, 7) is 1.90. The lowest BCUT2D eigenvalue weighted by Gasteiger charge is -2.14. The smallest absolute Gasteiger partial charge is 0.231 e. The first kappa shape index (κ1) is 22.9. The van der Waals surface area contributed by atoms with Gasteiger partial charge in [0, 0.05) is 18.2 Å². The monoisotopic (exact) mass is 510 g/mol. The van der Waals surface area contributed by atoms with Gasteiger partial charge >= 0.3 is 0 Å². The summed E-state index contributed by atoms with van der Waals surface area (Å²) >= 11 is 3.45. The number of Topliss-reactive ketones (excluding diaryl/α,β-unsaturated/α-hetero) is 1. The minimum Gasteiger partial charge on any atom is -0.495 e. The van der Waals surface area contributed by atoms with Gasteiger partial charge in [-0.2, -0.15) is 0 Å². The van der Waals surface area contributed by atoms with Crippen molar-refractivity contribution in [1.82, 2.24) is 0 Å². The van der Waals surface area contributed by atoms with Crippen LogP contribution in [0, 0.1) is 6.92 Å². The van der Waals surface area contributed by atoms with Crippen LogP contribution in [0.5, 0.6) is 11.5 Å². The quantitative estimate of drug-likeness (QED) is 0.241. The van der Waals surface area contributed by atoms with E-state index in [2.05, 4.69) is 15.9 Å². The van der Waals surface area contributed by atoms with Crippen molar-refractivity contribution in [2.75, 3.05) is 21.3 Å². The summed E-state index contributed by atoms with van der Waals surface area (Å²) in [5.74, 6) is 3.24. The molecule has 1 unspecified atom stereocenters. The highest BCUT2D eigenvalue weighted by molar-refractivity contribution is 9.10. The Balaban J connectivity index is 1.59. The van der Waals surface area contributed by atoms with Crippen LogP contribution in [0.25, 0.3) is 22.6 Å². The van der Waals surface area contributed by atoms with Crippen LogP contribution in [-0.2, 0) is 4.74 Å². The number of hydrogen-bond acceptors (Lipinski definition) is 6. The van der Waals surface area contributed by atoms with Crippen LogP contribution in [0.15, 0.2) is 74.0 Å². The molecule has 0 radical (unpaired) electrons. The molecule has 0 spiro atoms. The molecule has 1 atom stereocenters. The van der Waals surface area contributed by atoms with E-state index in [9.17, 15) is 4.79 Å². The molecule has 0 saturated carbocycles. The SMILES string of the molecule is COc1cc(-c2ccc(C(=O)C(OC)c3ccc(-c4ccc(C)o4)cc3)o2)cc(OC)c1Br. The van der Waals surface area contributed by atoms with Gasteiger partial charge in [-0.3, -0.25) is 4.79 Å². The second-order valence-corrected chi connectivity index (χ2v) is 8.16. The Hall–Kier alpha value is -3.29. The third-order valence-electron chi connectivity index (χ3n) is 5.29. The third-order valence-corrected chi connectivity index (χ3v) is 6.07. The molecule has 4 aromatic rings. The first-order chi connectivity index (χ1) is 15.9. The molecule has 4 rings (SSSR count). The van der Waals surface area contributed by atoms with Crippen molar-refractivity contribution in [2.45, 2.75) is 13.0 Å². The van der Waals surface area contributed by atoms with Crippen molar-refractivity contribution in [3.63, 3.8) is 0 Å². The molecule has 33 heavy (non-hydrogen) atoms. The van der Waals surface area contributed by atoms with Crippen LogP contribution in [0.4, 0.5) is 0 Å². The number of hydrogen-bond donors (Lipinski definition) is 0. The summed E-state index contributed by atoms with van der Waals surface area (Å²) in [4.78, 5) is 13.2. The average molecular weight is 511 g/mol. The van der Waals surface area contributed by atoms with Gasteiger partial charge in [0.25, 0.3) is 0 Å². The van der Waals surface area contributed by atoms with Crippen molar-refractivity contribution >= 4 is 21.7 Å². The van der Waals surface area contributed by atoms with Crippen molar-refractivity contribution in [3.05, 3.63) is 82.2 Å². The number of carbonyl (C=O) groups is 1. The van der Waals surface area contributed by atoms with E-state index in [-0.39, 0.29) is 11.5 Å². The molecular formula is C26H23BrO6. The zero-order chi connectivity index (χ0) is 23.5. The molecule has 170 valence electrons. The molecule has 0 saturated heterocycles. The lowest BCUT2D eigenvalue weighted by atomic mass is 10.0. The highest BCUT2D eigenvalue weighted by atomic mass is 79.9. The summed E-state index contributed by atoms with van der Waals surface area (Å²) in [6.07, 6.45) is -0.801. The topological polar surface area (TPSA) is 71.0 Å². The first-order valence-electron chi connectivity index (χ1n) is 10.2. The van der Waals surface area contributed by atoms with E-state index in [0.717, 1.165) is 28.2 Å². The van der Waals surface area contributed by atoms with E-state index < -0.39 is 6.10 Å². The van der Waals surface area contributed by atoms with Gasteiger partial charge in [-0.05, 0) is 64.8 Å². The molecule has 2 aromatic heterocycles. The number of furan rings is 2. The van der Waals surface area contributed by atoms with E-state index in [1.807, 2.05) is 55.5 Å². The Morgan fingerprint density at radius 3 is 1.97 bits per heavy atom. The summed E-state index contributed by atoms with van der Waals surface area (Å²) < 4.78 is 28.6. The number of carbonyl (C=O) groups excluding carboxylic acids is 1. The molecule has 0 aliphatic carbocycles. The molecule has 0 amide bonds. The van der Waals surface area contributed by atoms with E-state index in [0.29, 0.717) is 21.7 Å². The van der Waals surface area contributed by atoms with Gasteiger partial charge < -0.3 is 23.0 Å². The lowest BCUT2D eigenvalue weighted by Crippen LogP contribution is -2.14. The average Bonchev–Trinajstić information content (AvgIpc) is 3.50. The van der Waals surface area contributed by atoms with Crippen molar-refractivity contribution < 1.29 is 27.8 Å². The van der Waals surface area contributed by atoms with Crippen molar-refractivity contribution in [1.29, 1.82) is 0 Å². The number of benzene rings is 2. The van der Waals surface area contributed by atoms with E-state index in [4.69, 9.17) is 23.0 Å². The third kappa shape index (κ3) is 4.60. The van der Waals surface area contributed by atoms with Crippen LogP contribution in [0.1, 0.15) is 28.0 Å². The van der Waals surface area contributed by atoms with Crippen molar-refractivity contribution in [3.8, 4) is 34.1 Å². The minimum absolute atomic E-state index is 0.198. The van der Waals surface area contributed by atoms with Gasteiger partial charge in [-0.15, -0.1) is 0 Å². The van der Waals surface area contributed by atoms with Gasteiger partial charge in [-0.25, -0.2) is 0 Å². The fraction of sp³-hybridized carbons (Fsp3) is 0.192. The fourth-order valence-corrected chi connectivity index (χ4v) is 4.13. The molecule has 0 fully saturated rings. The van der Waals surface area contributed by atoms with Gasteiger partial charge in [0.1, 0.15) is 39.4 Å². The van der Waals surface area contributed by atoms with Gasteiger partial charge in [0.15, 0.2) is 5.76 Å². The molecule has 6 nitrogen and oxygen atoms in total. The van der Waals surface area contributed by atoms with E-state index >= 15 is 0 Å². The standard InChI is InChI=1S/C26H23BrO6/c1-15-5-10-19(32-15)16-6-8-17(9-7-16)26(31-4)25(28)21-12-11-20(33-21)18-13-22(29-2)24(27)23(14-18)30-3/h5-14,26H,1-4H3. The fourth-order valence-electron chi connectivity index (χ4n) is 3.57. The number of halogens is 1. The Bertz CT molecular complexity index is 1240. The van der Waals surface area contributed by atoms with Crippen molar-refractivity contribution in [2.24, 2.45) is 0 Å². The summed E-state index contributed by atoms with van der Waals surface area (Å²) in [6, 6.07) is 18.3. The summed E-state index contributed by atoms with van der Waals surface area (Å²) in [7, 11) is 4.64. The summed E-state index contributed by atoms with van der Waals surface area (Å²) in [5, 5.41) is 0. The Morgan fingerprint density at radius 1 is 0.818 bits per heavy atom. The van der Waals surface area contributed by atoms with Crippen LogP contribution in [0.2, 0.25) is 0 Å². The second kappa shape index (κ2) is 9.68. The number of rotatable bonds is 8. The lowest BCUT2D eigenvalue weighted by molar-refractivity contribution is 0.0577. The number of ether oxygens (including phenoxy) is 3. The molecule has 0 N–H and O–H groups in total. The van der Waals surface area contributed by atoms with Crippen LogP contribution < -0.4 is 9.47 Å². The predicted octanol–water partition coefficient (Wildman–Crippen LogP) is 6.87. The number of aryl methyl sites for hydroxylation is 1. The first-order valence-corrected chi connectivity index (χ1v) is 11.0. The second-order valence-electron chi connectivity index (χ2n) is 7.37. The molecule has 0 aliphatic rings. The molecule has 7 heteroatoms. The Kier molecular flexibility index (Phi) is 6.72. The Labute approximate surface area is 200 Å². The van der Waals surface area contributed by atoms with Crippen LogP contribution >= 0.6 is 15.9 Å². The normalized spacial score (nSPS) is 11.9. The maximum atomic E-state index is 13.2. The van der Waals surface area contributed by atoms with Gasteiger partial charge in [-0.1, -0.05) is 24.3 Å². The maximum absolute atomic E-state index is 13.2. The van der Waals surface area contributed by atoms with Crippen LogP contribution in [-0.4, -0.2) is 27.1 Å². The maximum Gasteiger partial charge on any atom is 0.231 e. The molecular weight excluding hydrogens is 488 g/mol. The zero-order valence-electron chi connectivity index (χ0n) is 18.7. The number of ketones is 1.